The van der Waals surface area contributed by atoms with Crippen LogP contribution in [0.15, 0.2) is 30.3 Å². The van der Waals surface area contributed by atoms with Crippen LogP contribution >= 0.6 is 22.9 Å². The van der Waals surface area contributed by atoms with E-state index in [1.165, 1.54) is 23.1 Å². The predicted octanol–water partition coefficient (Wildman–Crippen LogP) is 2.78. The molecule has 4 amide bonds. The van der Waals surface area contributed by atoms with Gasteiger partial charge < -0.3 is 30.3 Å². The summed E-state index contributed by atoms with van der Waals surface area (Å²) < 4.78 is 25.2. The number of nitrogens with zero attached hydrogens (tertiary/aromatic N) is 1. The Morgan fingerprint density at radius 1 is 1.26 bits per heavy atom. The van der Waals surface area contributed by atoms with E-state index in [0.717, 1.165) is 17.4 Å². The molecule has 3 N–H and O–H groups in total. The van der Waals surface area contributed by atoms with E-state index in [4.69, 9.17) is 21.1 Å². The summed E-state index contributed by atoms with van der Waals surface area (Å²) in [6, 6.07) is 5.71. The number of hydrogen-bond donors (Lipinski definition) is 3. The SMILES string of the molecule is CC(C)OC(=O)N[C@@H](CNC(=O)c1ccc(Cl)s1)C(=O)Nc1ccc(N2CCOCC2=O)c(F)c1. The molecule has 13 heteroatoms. The Balaban J connectivity index is 1.69. The molecule has 1 saturated heterocycles. The van der Waals surface area contributed by atoms with Gasteiger partial charge in [-0.2, -0.15) is 0 Å². The first-order valence-electron chi connectivity index (χ1n) is 10.6. The highest BCUT2D eigenvalue weighted by molar-refractivity contribution is 7.18. The number of amides is 4. The molecule has 0 unspecified atom stereocenters. The van der Waals surface area contributed by atoms with Crippen molar-refractivity contribution in [3.05, 3.63) is 45.4 Å². The molecule has 1 aromatic heterocycles. The van der Waals surface area contributed by atoms with E-state index in [1.54, 1.807) is 19.9 Å². The molecule has 0 bridgehead atoms. The van der Waals surface area contributed by atoms with Gasteiger partial charge in [0.2, 0.25) is 5.91 Å². The summed E-state index contributed by atoms with van der Waals surface area (Å²) in [5.74, 6) is -2.29. The van der Waals surface area contributed by atoms with Crippen LogP contribution in [-0.2, 0) is 19.1 Å². The molecule has 35 heavy (non-hydrogen) atoms. The van der Waals surface area contributed by atoms with Gasteiger partial charge in [0.1, 0.15) is 18.5 Å². The number of nitrogens with one attached hydrogen (secondary N) is 3. The molecular weight excluding hydrogens is 503 g/mol. The molecule has 188 valence electrons. The Labute approximate surface area is 209 Å². The second-order valence-electron chi connectivity index (χ2n) is 7.72. The third-order valence-electron chi connectivity index (χ3n) is 4.71. The zero-order chi connectivity index (χ0) is 25.5. The predicted molar refractivity (Wildman–Crippen MR) is 128 cm³/mol. The molecule has 1 fully saturated rings. The maximum atomic E-state index is 14.7. The minimum absolute atomic E-state index is 0.0633. The largest absolute Gasteiger partial charge is 0.447 e. The summed E-state index contributed by atoms with van der Waals surface area (Å²) in [6.45, 7) is 3.37. The highest BCUT2D eigenvalue weighted by Crippen LogP contribution is 2.24. The molecule has 2 heterocycles. The molecule has 1 aromatic carbocycles. The Bertz CT molecular complexity index is 1110. The first-order valence-corrected chi connectivity index (χ1v) is 11.8. The molecule has 2 aromatic rings. The Morgan fingerprint density at radius 3 is 2.66 bits per heavy atom. The summed E-state index contributed by atoms with van der Waals surface area (Å²) in [6.07, 6.45) is -1.30. The number of carbonyl (C=O) groups excluding carboxylic acids is 4. The van der Waals surface area contributed by atoms with Gasteiger partial charge >= 0.3 is 6.09 Å². The average Bonchev–Trinajstić information content (AvgIpc) is 3.23. The lowest BCUT2D eigenvalue weighted by Gasteiger charge is -2.27. The van der Waals surface area contributed by atoms with Gasteiger partial charge in [0.15, 0.2) is 0 Å². The molecule has 1 atom stereocenters. The van der Waals surface area contributed by atoms with E-state index in [9.17, 15) is 23.6 Å². The van der Waals surface area contributed by atoms with Gasteiger partial charge in [0.25, 0.3) is 11.8 Å². The van der Waals surface area contributed by atoms with Crippen molar-refractivity contribution >= 4 is 58.1 Å². The first-order chi connectivity index (χ1) is 16.6. The van der Waals surface area contributed by atoms with Crippen LogP contribution in [0.1, 0.15) is 23.5 Å². The average molecular weight is 527 g/mol. The minimum Gasteiger partial charge on any atom is -0.447 e. The molecule has 0 aliphatic carbocycles. The van der Waals surface area contributed by atoms with E-state index in [1.807, 2.05) is 0 Å². The summed E-state index contributed by atoms with van der Waals surface area (Å²) in [4.78, 5) is 50.9. The van der Waals surface area contributed by atoms with Gasteiger partial charge in [-0.3, -0.25) is 14.4 Å². The first kappa shape index (κ1) is 26.4. The van der Waals surface area contributed by atoms with Crippen molar-refractivity contribution < 1.29 is 33.0 Å². The quantitative estimate of drug-likeness (QED) is 0.485. The van der Waals surface area contributed by atoms with Gasteiger partial charge in [-0.1, -0.05) is 11.6 Å². The van der Waals surface area contributed by atoms with Crippen molar-refractivity contribution in [3.63, 3.8) is 0 Å². The van der Waals surface area contributed by atoms with Gasteiger partial charge in [-0.15, -0.1) is 11.3 Å². The second kappa shape index (κ2) is 12.0. The van der Waals surface area contributed by atoms with Crippen molar-refractivity contribution in [2.45, 2.75) is 26.0 Å². The van der Waals surface area contributed by atoms with Crippen molar-refractivity contribution in [3.8, 4) is 0 Å². The third kappa shape index (κ3) is 7.38. The Morgan fingerprint density at radius 2 is 2.03 bits per heavy atom. The number of anilines is 2. The third-order valence-corrected chi connectivity index (χ3v) is 5.94. The standard InChI is InChI=1S/C22H24ClFN4O6S/c1-12(2)34-22(32)27-15(10-25-21(31)17-5-6-18(23)35-17)20(30)26-13-3-4-16(14(24)9-13)28-7-8-33-11-19(28)29/h3-6,9,12,15H,7-8,10-11H2,1-2H3,(H,25,31)(H,26,30)(H,27,32)/t15-/m0/s1. The summed E-state index contributed by atoms with van der Waals surface area (Å²) in [5, 5.41) is 7.45. The van der Waals surface area contributed by atoms with E-state index < -0.39 is 35.9 Å². The van der Waals surface area contributed by atoms with Crippen molar-refractivity contribution in [2.75, 3.05) is 36.5 Å². The van der Waals surface area contributed by atoms with Crippen LogP contribution in [0, 0.1) is 5.82 Å². The van der Waals surface area contributed by atoms with E-state index in [2.05, 4.69) is 16.0 Å². The zero-order valence-electron chi connectivity index (χ0n) is 18.9. The summed E-state index contributed by atoms with van der Waals surface area (Å²) in [5.41, 5.74) is 0.158. The molecule has 0 radical (unpaired) electrons. The second-order valence-corrected chi connectivity index (χ2v) is 9.43. The van der Waals surface area contributed by atoms with E-state index >= 15 is 0 Å². The number of thiophene rings is 1. The lowest BCUT2D eigenvalue weighted by molar-refractivity contribution is -0.125. The molecule has 0 saturated carbocycles. The fourth-order valence-electron chi connectivity index (χ4n) is 3.12. The zero-order valence-corrected chi connectivity index (χ0v) is 20.5. The van der Waals surface area contributed by atoms with Crippen LogP contribution in [0.5, 0.6) is 0 Å². The number of ether oxygens (including phenoxy) is 2. The lowest BCUT2D eigenvalue weighted by Crippen LogP contribution is -2.51. The van der Waals surface area contributed by atoms with Crippen LogP contribution in [0.25, 0.3) is 0 Å². The van der Waals surface area contributed by atoms with Crippen LogP contribution in [0.2, 0.25) is 4.34 Å². The maximum absolute atomic E-state index is 14.7. The van der Waals surface area contributed by atoms with Gasteiger partial charge in [-0.25, -0.2) is 9.18 Å². The van der Waals surface area contributed by atoms with Crippen molar-refractivity contribution in [1.82, 2.24) is 10.6 Å². The van der Waals surface area contributed by atoms with Gasteiger partial charge in [0, 0.05) is 18.8 Å². The number of alkyl carbamates (subject to hydrolysis) is 1. The van der Waals surface area contributed by atoms with Gasteiger partial charge in [0.05, 0.1) is 27.6 Å². The highest BCUT2D eigenvalue weighted by Gasteiger charge is 2.26. The van der Waals surface area contributed by atoms with E-state index in [-0.39, 0.29) is 43.6 Å². The number of carbonyl (C=O) groups is 4. The monoisotopic (exact) mass is 526 g/mol. The normalized spacial score (nSPS) is 14.4. The fraction of sp³-hybridized carbons (Fsp3) is 0.364. The number of benzene rings is 1. The Hall–Kier alpha value is -3.22. The minimum atomic E-state index is -1.23. The van der Waals surface area contributed by atoms with Crippen LogP contribution < -0.4 is 20.9 Å². The van der Waals surface area contributed by atoms with Gasteiger partial charge in [-0.05, 0) is 44.2 Å². The smallest absolute Gasteiger partial charge is 0.408 e. The number of hydrogen-bond acceptors (Lipinski definition) is 7. The summed E-state index contributed by atoms with van der Waals surface area (Å²) >= 11 is 6.91. The Kier molecular flexibility index (Phi) is 9.01. The molecule has 0 spiro atoms. The highest BCUT2D eigenvalue weighted by atomic mass is 35.5. The fourth-order valence-corrected chi connectivity index (χ4v) is 4.08. The van der Waals surface area contributed by atoms with Crippen molar-refractivity contribution in [2.24, 2.45) is 0 Å². The molecular formula is C22H24ClFN4O6S. The topological polar surface area (TPSA) is 126 Å². The van der Waals surface area contributed by atoms with Crippen LogP contribution in [0.3, 0.4) is 0 Å². The number of halogens is 2. The van der Waals surface area contributed by atoms with Crippen LogP contribution in [-0.4, -0.2) is 62.3 Å². The molecule has 1 aliphatic rings. The summed E-state index contributed by atoms with van der Waals surface area (Å²) in [7, 11) is 0. The maximum Gasteiger partial charge on any atom is 0.408 e. The molecule has 1 aliphatic heterocycles. The number of morpholine rings is 1. The molecule has 3 rings (SSSR count). The number of rotatable bonds is 8. The van der Waals surface area contributed by atoms with E-state index in [0.29, 0.717) is 9.21 Å². The lowest BCUT2D eigenvalue weighted by atomic mass is 10.2. The van der Waals surface area contributed by atoms with Crippen LogP contribution in [0.4, 0.5) is 20.6 Å². The molecule has 10 nitrogen and oxygen atoms in total. The van der Waals surface area contributed by atoms with Crippen molar-refractivity contribution in [1.29, 1.82) is 0 Å².